The third-order valence-electron chi connectivity index (χ3n) is 5.74. The first kappa shape index (κ1) is 20.2. The van der Waals surface area contributed by atoms with E-state index < -0.39 is 16.7 Å². The topological polar surface area (TPSA) is 112 Å². The Labute approximate surface area is 162 Å². The molecule has 1 aliphatic carbocycles. The van der Waals surface area contributed by atoms with Crippen LogP contribution in [-0.2, 0) is 13.0 Å². The highest BCUT2D eigenvalue weighted by molar-refractivity contribution is 6.09. The Hall–Kier alpha value is -2.51. The fraction of sp³-hybridized carbons (Fsp3) is 0.476. The minimum atomic E-state index is -0.647. The van der Waals surface area contributed by atoms with Crippen molar-refractivity contribution in [3.05, 3.63) is 67.0 Å². The molecule has 1 aromatic carbocycles. The van der Waals surface area contributed by atoms with Crippen LogP contribution in [-0.4, -0.2) is 38.8 Å². The van der Waals surface area contributed by atoms with Crippen LogP contribution in [0.2, 0.25) is 0 Å². The molecule has 0 aliphatic heterocycles. The van der Waals surface area contributed by atoms with E-state index >= 15 is 0 Å². The molecular weight excluding hydrogens is 360 g/mol. The van der Waals surface area contributed by atoms with Crippen LogP contribution in [0.3, 0.4) is 0 Å². The van der Waals surface area contributed by atoms with Crippen LogP contribution < -0.4 is 11.2 Å². The Morgan fingerprint density at radius 1 is 1.18 bits per heavy atom. The maximum Gasteiger partial charge on any atom is 0.328 e. The van der Waals surface area contributed by atoms with E-state index in [4.69, 9.17) is 0 Å². The van der Waals surface area contributed by atoms with Gasteiger partial charge in [0.15, 0.2) is 0 Å². The van der Waals surface area contributed by atoms with Crippen LogP contribution in [0, 0.1) is 25.2 Å². The van der Waals surface area contributed by atoms with Crippen LogP contribution in [0.1, 0.15) is 46.1 Å². The van der Waals surface area contributed by atoms with E-state index in [-0.39, 0.29) is 42.7 Å². The van der Waals surface area contributed by atoms with Gasteiger partial charge in [0.2, 0.25) is 5.78 Å². The molecule has 0 amide bonds. The minimum Gasteiger partial charge on any atom is -0.396 e. The van der Waals surface area contributed by atoms with Gasteiger partial charge in [0.1, 0.15) is 5.69 Å². The van der Waals surface area contributed by atoms with Gasteiger partial charge in [-0.05, 0) is 44.7 Å². The Bertz CT molecular complexity index is 1010. The second-order valence-corrected chi connectivity index (χ2v) is 7.84. The molecule has 3 rings (SSSR count). The summed E-state index contributed by atoms with van der Waals surface area (Å²) >= 11 is 0. The van der Waals surface area contributed by atoms with Gasteiger partial charge in [-0.25, -0.2) is 4.79 Å². The zero-order valence-electron chi connectivity index (χ0n) is 16.4. The summed E-state index contributed by atoms with van der Waals surface area (Å²) in [6, 6.07) is 5.44. The fourth-order valence-electron chi connectivity index (χ4n) is 3.96. The van der Waals surface area contributed by atoms with Crippen molar-refractivity contribution in [1.29, 1.82) is 0 Å². The van der Waals surface area contributed by atoms with Crippen molar-refractivity contribution in [3.63, 3.8) is 0 Å². The molecule has 7 nitrogen and oxygen atoms in total. The summed E-state index contributed by atoms with van der Waals surface area (Å²) in [4.78, 5) is 40.6. The molecule has 1 atom stereocenters. The molecule has 3 N–H and O–H groups in total. The number of carbonyl (C=O) groups excluding carboxylic acids is 1. The summed E-state index contributed by atoms with van der Waals surface area (Å²) in [6.07, 6.45) is 0.863. The van der Waals surface area contributed by atoms with Crippen molar-refractivity contribution in [1.82, 2.24) is 9.55 Å². The van der Waals surface area contributed by atoms with Crippen molar-refractivity contribution < 1.29 is 15.0 Å². The van der Waals surface area contributed by atoms with E-state index in [0.717, 1.165) is 11.1 Å². The maximum atomic E-state index is 13.3. The third-order valence-corrected chi connectivity index (χ3v) is 5.74. The molecule has 1 heterocycles. The number of carbonyl (C=O) groups is 1. The smallest absolute Gasteiger partial charge is 0.328 e. The number of aromatic nitrogens is 2. The van der Waals surface area contributed by atoms with Crippen LogP contribution >= 0.6 is 0 Å². The molecule has 1 saturated carbocycles. The average Bonchev–Trinajstić information content (AvgIpc) is 3.35. The second-order valence-electron chi connectivity index (χ2n) is 7.84. The molecule has 0 radical (unpaired) electrons. The summed E-state index contributed by atoms with van der Waals surface area (Å²) in [6.45, 7) is 5.32. The predicted molar refractivity (Wildman–Crippen MR) is 105 cm³/mol. The zero-order valence-corrected chi connectivity index (χ0v) is 16.4. The van der Waals surface area contributed by atoms with Crippen molar-refractivity contribution in [2.75, 3.05) is 13.2 Å². The van der Waals surface area contributed by atoms with Gasteiger partial charge in [0.05, 0.1) is 13.2 Å². The molecule has 2 aromatic rings. The number of aliphatic hydroxyl groups is 2. The highest BCUT2D eigenvalue weighted by Crippen LogP contribution is 2.52. The first-order valence-corrected chi connectivity index (χ1v) is 9.47. The summed E-state index contributed by atoms with van der Waals surface area (Å²) in [7, 11) is 0. The predicted octanol–water partition coefficient (Wildman–Crippen LogP) is 0.938. The van der Waals surface area contributed by atoms with Gasteiger partial charge >= 0.3 is 5.69 Å². The van der Waals surface area contributed by atoms with Crippen molar-refractivity contribution >= 4 is 5.78 Å². The van der Waals surface area contributed by atoms with Crippen LogP contribution in [0.4, 0.5) is 0 Å². The van der Waals surface area contributed by atoms with Crippen molar-refractivity contribution in [3.8, 4) is 0 Å². The number of aryl methyl sites for hydroxylation is 2. The number of hydrogen-bond acceptors (Lipinski definition) is 5. The van der Waals surface area contributed by atoms with E-state index in [1.54, 1.807) is 19.1 Å². The number of aromatic amines is 1. The lowest BCUT2D eigenvalue weighted by Gasteiger charge is -2.17. The van der Waals surface area contributed by atoms with Gasteiger partial charge in [-0.3, -0.25) is 19.1 Å². The molecule has 0 saturated heterocycles. The molecular formula is C21H26N2O5. The molecule has 0 bridgehead atoms. The number of hydrogen-bond donors (Lipinski definition) is 3. The standard InChI is InChI=1S/C21H26N2O5/c1-4-16-17(18(26)14-6-12(2)5-13(3)7-14)23(20(28)22-19(16)27)9-15-8-21(15,10-24)11-25/h5-7,15,24-25H,4,8-11H2,1-3H3,(H,22,27,28). The molecule has 1 aromatic heterocycles. The normalized spacial score (nSPS) is 17.5. The summed E-state index contributed by atoms with van der Waals surface area (Å²) < 4.78 is 1.30. The Morgan fingerprint density at radius 3 is 2.29 bits per heavy atom. The van der Waals surface area contributed by atoms with Gasteiger partial charge in [-0.1, -0.05) is 24.1 Å². The lowest BCUT2D eigenvalue weighted by Crippen LogP contribution is -2.38. The van der Waals surface area contributed by atoms with Gasteiger partial charge in [0, 0.05) is 23.1 Å². The zero-order chi connectivity index (χ0) is 20.6. The molecule has 28 heavy (non-hydrogen) atoms. The number of benzene rings is 1. The number of nitrogens with zero attached hydrogens (tertiary/aromatic N) is 1. The first-order valence-electron chi connectivity index (χ1n) is 9.47. The highest BCUT2D eigenvalue weighted by atomic mass is 16.3. The summed E-state index contributed by atoms with van der Waals surface area (Å²) in [5.74, 6) is -0.507. The molecule has 1 unspecified atom stereocenters. The van der Waals surface area contributed by atoms with E-state index in [1.165, 1.54) is 4.57 Å². The maximum absolute atomic E-state index is 13.3. The van der Waals surface area contributed by atoms with E-state index in [2.05, 4.69) is 4.98 Å². The van der Waals surface area contributed by atoms with E-state index in [1.807, 2.05) is 19.9 Å². The lowest BCUT2D eigenvalue weighted by atomic mass is 9.98. The van der Waals surface area contributed by atoms with E-state index in [0.29, 0.717) is 18.4 Å². The molecule has 0 spiro atoms. The molecule has 7 heteroatoms. The summed E-state index contributed by atoms with van der Waals surface area (Å²) in [5.41, 5.74) is 0.791. The Morgan fingerprint density at radius 2 is 1.79 bits per heavy atom. The number of ketones is 1. The first-order chi connectivity index (χ1) is 13.3. The number of nitrogens with one attached hydrogen (secondary N) is 1. The average molecular weight is 386 g/mol. The van der Waals surface area contributed by atoms with Crippen LogP contribution in [0.15, 0.2) is 27.8 Å². The monoisotopic (exact) mass is 386 g/mol. The second kappa shape index (κ2) is 7.48. The van der Waals surface area contributed by atoms with Gasteiger partial charge < -0.3 is 10.2 Å². The lowest BCUT2D eigenvalue weighted by molar-refractivity contribution is 0.102. The highest BCUT2D eigenvalue weighted by Gasteiger charge is 2.53. The summed E-state index contributed by atoms with van der Waals surface area (Å²) in [5, 5.41) is 19.1. The number of aliphatic hydroxyl groups excluding tert-OH is 2. The number of rotatable bonds is 7. The SMILES string of the molecule is CCc1c(C(=O)c2cc(C)cc(C)c2)n(CC2CC2(CO)CO)c(=O)[nH]c1=O. The molecule has 1 aliphatic rings. The minimum absolute atomic E-state index is 0.0953. The quantitative estimate of drug-likeness (QED) is 0.613. The fourth-order valence-corrected chi connectivity index (χ4v) is 3.96. The third kappa shape index (κ3) is 3.47. The number of H-pyrrole nitrogens is 1. The Kier molecular flexibility index (Phi) is 5.41. The van der Waals surface area contributed by atoms with Crippen LogP contribution in [0.25, 0.3) is 0 Å². The molecule has 1 fully saturated rings. The van der Waals surface area contributed by atoms with Crippen molar-refractivity contribution in [2.45, 2.75) is 40.2 Å². The van der Waals surface area contributed by atoms with Crippen molar-refractivity contribution in [2.24, 2.45) is 11.3 Å². The largest absolute Gasteiger partial charge is 0.396 e. The van der Waals surface area contributed by atoms with Crippen LogP contribution in [0.5, 0.6) is 0 Å². The molecule has 150 valence electrons. The van der Waals surface area contributed by atoms with Gasteiger partial charge in [0.25, 0.3) is 5.56 Å². The van der Waals surface area contributed by atoms with Gasteiger partial charge in [-0.2, -0.15) is 0 Å². The van der Waals surface area contributed by atoms with E-state index in [9.17, 15) is 24.6 Å². The Balaban J connectivity index is 2.14. The van der Waals surface area contributed by atoms with Gasteiger partial charge in [-0.15, -0.1) is 0 Å².